The molecule has 1 atom stereocenters. The summed E-state index contributed by atoms with van der Waals surface area (Å²) in [6.07, 6.45) is 1.96. The van der Waals surface area contributed by atoms with Crippen molar-refractivity contribution in [2.24, 2.45) is 0 Å². The van der Waals surface area contributed by atoms with Crippen LogP contribution in [0.15, 0.2) is 72.8 Å². The molecule has 0 radical (unpaired) electrons. The van der Waals surface area contributed by atoms with Crippen LogP contribution >= 0.6 is 7.60 Å². The zero-order valence-electron chi connectivity index (χ0n) is 17.9. The van der Waals surface area contributed by atoms with Gasteiger partial charge in [0.05, 0.1) is 6.61 Å². The Morgan fingerprint density at radius 2 is 1.73 bits per heavy atom. The Bertz CT molecular complexity index is 1150. The molecule has 0 N–H and O–H groups in total. The van der Waals surface area contributed by atoms with Gasteiger partial charge in [-0.3, -0.25) is 4.52 Å². The van der Waals surface area contributed by atoms with E-state index < -0.39 is 12.8 Å². The quantitative estimate of drug-likeness (QED) is 0.408. The highest BCUT2D eigenvalue weighted by atomic mass is 31.2. The molecule has 3 nitrogen and oxygen atoms in total. The van der Waals surface area contributed by atoms with Crippen LogP contribution in [0, 0.1) is 6.92 Å². The fourth-order valence-electron chi connectivity index (χ4n) is 3.91. The lowest BCUT2D eigenvalue weighted by Crippen LogP contribution is -2.26. The topological polar surface area (TPSA) is 35.5 Å². The van der Waals surface area contributed by atoms with E-state index in [1.54, 1.807) is 0 Å². The van der Waals surface area contributed by atoms with Gasteiger partial charge < -0.3 is 4.52 Å². The van der Waals surface area contributed by atoms with Crippen LogP contribution in [0.25, 0.3) is 23.0 Å². The van der Waals surface area contributed by atoms with Crippen molar-refractivity contribution in [3.05, 3.63) is 95.1 Å². The van der Waals surface area contributed by atoms with E-state index in [0.29, 0.717) is 12.4 Å². The lowest BCUT2D eigenvalue weighted by Gasteiger charge is -2.40. The predicted molar refractivity (Wildman–Crippen MR) is 124 cm³/mol. The molecule has 1 aliphatic heterocycles. The van der Waals surface area contributed by atoms with Crippen molar-refractivity contribution in [3.8, 4) is 11.1 Å². The van der Waals surface area contributed by atoms with Crippen LogP contribution in [-0.2, 0) is 18.8 Å². The van der Waals surface area contributed by atoms with Crippen molar-refractivity contribution in [2.45, 2.75) is 32.9 Å². The first kappa shape index (κ1) is 20.7. The molecule has 3 aromatic rings. The summed E-state index contributed by atoms with van der Waals surface area (Å²) in [4.78, 5) is 0. The summed E-state index contributed by atoms with van der Waals surface area (Å²) < 4.78 is 25.7. The van der Waals surface area contributed by atoms with Crippen molar-refractivity contribution in [3.63, 3.8) is 0 Å². The standard InChI is InChI=1S/C26H27O3P/c1-5-28-30(27)26(3,4)24-15-14-22(21-12-7-6-8-13-21)18-23(24)25(29-30)17-20-11-9-10-19(2)16-20/h6-18H,5H2,1-4H3/b25-17-. The third-order valence-electron chi connectivity index (χ3n) is 5.59. The highest BCUT2D eigenvalue weighted by Crippen LogP contribution is 2.70. The second-order valence-corrected chi connectivity index (χ2v) is 10.7. The van der Waals surface area contributed by atoms with Crippen LogP contribution in [0.1, 0.15) is 43.0 Å². The number of fused-ring (bicyclic) bond motifs is 1. The minimum absolute atomic E-state index is 0.329. The maximum Gasteiger partial charge on any atom is 0.389 e. The average molecular weight is 418 g/mol. The van der Waals surface area contributed by atoms with E-state index in [4.69, 9.17) is 9.05 Å². The van der Waals surface area contributed by atoms with Gasteiger partial charge >= 0.3 is 7.60 Å². The fourth-order valence-corrected chi connectivity index (χ4v) is 5.75. The molecule has 0 saturated heterocycles. The predicted octanol–water partition coefficient (Wildman–Crippen LogP) is 7.66. The van der Waals surface area contributed by atoms with Gasteiger partial charge in [-0.15, -0.1) is 0 Å². The SMILES string of the molecule is CCOP1(=O)O/C(=C\c2cccc(C)c2)c2cc(-c3ccccc3)ccc2C1(C)C. The van der Waals surface area contributed by atoms with Gasteiger partial charge in [0.15, 0.2) is 0 Å². The molecule has 1 aliphatic rings. The van der Waals surface area contributed by atoms with Crippen molar-refractivity contribution in [2.75, 3.05) is 6.61 Å². The van der Waals surface area contributed by atoms with Crippen LogP contribution < -0.4 is 0 Å². The molecule has 154 valence electrons. The van der Waals surface area contributed by atoms with E-state index in [1.165, 1.54) is 0 Å². The first-order valence-corrected chi connectivity index (χ1v) is 11.8. The normalized spacial score (nSPS) is 21.1. The maximum absolute atomic E-state index is 13.8. The highest BCUT2D eigenvalue weighted by molar-refractivity contribution is 7.55. The molecule has 0 fully saturated rings. The number of hydrogen-bond acceptors (Lipinski definition) is 3. The largest absolute Gasteiger partial charge is 0.423 e. The van der Waals surface area contributed by atoms with E-state index in [-0.39, 0.29) is 0 Å². The first-order chi connectivity index (χ1) is 14.3. The summed E-state index contributed by atoms with van der Waals surface area (Å²) in [5.41, 5.74) is 6.32. The summed E-state index contributed by atoms with van der Waals surface area (Å²) in [5, 5.41) is -0.752. The van der Waals surface area contributed by atoms with Crippen LogP contribution in [0.3, 0.4) is 0 Å². The zero-order chi connectivity index (χ0) is 21.4. The van der Waals surface area contributed by atoms with E-state index in [2.05, 4.69) is 49.4 Å². The second-order valence-electron chi connectivity index (χ2n) is 8.11. The van der Waals surface area contributed by atoms with Gasteiger partial charge in [-0.1, -0.05) is 72.3 Å². The molecular weight excluding hydrogens is 391 g/mol. The summed E-state index contributed by atoms with van der Waals surface area (Å²) in [5.74, 6) is 0.587. The van der Waals surface area contributed by atoms with Crippen molar-refractivity contribution < 1.29 is 13.6 Å². The Labute approximate surface area is 178 Å². The highest BCUT2D eigenvalue weighted by Gasteiger charge is 2.51. The smallest absolute Gasteiger partial charge is 0.389 e. The number of aryl methyl sites for hydroxylation is 1. The summed E-state index contributed by atoms with van der Waals surface area (Å²) in [6.45, 7) is 8.11. The number of benzene rings is 3. The molecule has 0 aliphatic carbocycles. The molecule has 0 aromatic heterocycles. The maximum atomic E-state index is 13.8. The molecule has 4 rings (SSSR count). The minimum atomic E-state index is -3.41. The lowest BCUT2D eigenvalue weighted by atomic mass is 9.91. The van der Waals surface area contributed by atoms with Gasteiger partial charge in [0.1, 0.15) is 10.9 Å². The van der Waals surface area contributed by atoms with Crippen LogP contribution in [0.2, 0.25) is 0 Å². The van der Waals surface area contributed by atoms with Gasteiger partial charge in [-0.2, -0.15) is 0 Å². The van der Waals surface area contributed by atoms with Crippen LogP contribution in [-0.4, -0.2) is 6.61 Å². The molecule has 1 unspecified atom stereocenters. The number of rotatable bonds is 4. The average Bonchev–Trinajstić information content (AvgIpc) is 2.73. The van der Waals surface area contributed by atoms with Gasteiger partial charge in [0, 0.05) is 5.56 Å². The molecule has 0 saturated carbocycles. The number of hydrogen-bond donors (Lipinski definition) is 0. The molecule has 1 heterocycles. The Morgan fingerprint density at radius 3 is 2.43 bits per heavy atom. The van der Waals surface area contributed by atoms with Gasteiger partial charge in [0.25, 0.3) is 0 Å². The third kappa shape index (κ3) is 3.64. The van der Waals surface area contributed by atoms with Gasteiger partial charge in [0.2, 0.25) is 0 Å². The summed E-state index contributed by atoms with van der Waals surface area (Å²) >= 11 is 0. The summed E-state index contributed by atoms with van der Waals surface area (Å²) in [7, 11) is -3.41. The second kappa shape index (κ2) is 7.91. The van der Waals surface area contributed by atoms with Gasteiger partial charge in [-0.05, 0) is 62.1 Å². The van der Waals surface area contributed by atoms with Crippen LogP contribution in [0.5, 0.6) is 0 Å². The Morgan fingerprint density at radius 1 is 0.967 bits per heavy atom. The monoisotopic (exact) mass is 418 g/mol. The van der Waals surface area contributed by atoms with E-state index in [9.17, 15) is 4.57 Å². The molecule has 3 aromatic carbocycles. The van der Waals surface area contributed by atoms with Gasteiger partial charge in [-0.25, -0.2) is 4.57 Å². The van der Waals surface area contributed by atoms with Crippen molar-refractivity contribution in [1.82, 2.24) is 0 Å². The zero-order valence-corrected chi connectivity index (χ0v) is 18.8. The molecular formula is C26H27O3P. The molecule has 0 bridgehead atoms. The molecule has 0 spiro atoms. The fraction of sp³-hybridized carbons (Fsp3) is 0.231. The Kier molecular flexibility index (Phi) is 5.44. The van der Waals surface area contributed by atoms with E-state index >= 15 is 0 Å². The Hall–Kier alpha value is -2.61. The van der Waals surface area contributed by atoms with E-state index in [0.717, 1.165) is 33.4 Å². The third-order valence-corrected chi connectivity index (χ3v) is 8.24. The first-order valence-electron chi connectivity index (χ1n) is 10.3. The lowest BCUT2D eigenvalue weighted by molar-refractivity contribution is 0.243. The molecule has 4 heteroatoms. The van der Waals surface area contributed by atoms with Crippen molar-refractivity contribution >= 4 is 19.4 Å². The summed E-state index contributed by atoms with van der Waals surface area (Å²) in [6, 6.07) is 24.7. The minimum Gasteiger partial charge on any atom is -0.423 e. The molecule has 30 heavy (non-hydrogen) atoms. The van der Waals surface area contributed by atoms with Crippen LogP contribution in [0.4, 0.5) is 0 Å². The Balaban J connectivity index is 1.93. The molecule has 0 amide bonds. The van der Waals surface area contributed by atoms with Crippen molar-refractivity contribution in [1.29, 1.82) is 0 Å². The van der Waals surface area contributed by atoms with E-state index in [1.807, 2.05) is 57.2 Å².